The summed E-state index contributed by atoms with van der Waals surface area (Å²) in [6, 6.07) is 12.3. The third-order valence-electron chi connectivity index (χ3n) is 4.31. The first kappa shape index (κ1) is 20.6. The summed E-state index contributed by atoms with van der Waals surface area (Å²) in [5.41, 5.74) is 2.07. The van der Waals surface area contributed by atoms with E-state index in [-0.39, 0.29) is 23.0 Å². The molecular formula is C20H21Cl2N3O3. The molecule has 148 valence electrons. The number of hydrogen-bond donors (Lipinski definition) is 2. The van der Waals surface area contributed by atoms with Crippen LogP contribution in [0.25, 0.3) is 0 Å². The predicted octanol–water partition coefficient (Wildman–Crippen LogP) is 3.19. The van der Waals surface area contributed by atoms with Crippen LogP contribution in [0.4, 0.5) is 5.69 Å². The van der Waals surface area contributed by atoms with E-state index in [9.17, 15) is 9.59 Å². The van der Waals surface area contributed by atoms with Crippen molar-refractivity contribution in [3.8, 4) is 0 Å². The van der Waals surface area contributed by atoms with Gasteiger partial charge in [-0.05, 0) is 35.9 Å². The Kier molecular flexibility index (Phi) is 7.28. The van der Waals surface area contributed by atoms with Gasteiger partial charge in [-0.1, -0.05) is 35.3 Å². The Labute approximate surface area is 173 Å². The third kappa shape index (κ3) is 5.94. The summed E-state index contributed by atoms with van der Waals surface area (Å²) in [6.07, 6.45) is 0. The van der Waals surface area contributed by atoms with Gasteiger partial charge in [-0.3, -0.25) is 14.5 Å². The number of amides is 2. The zero-order valence-corrected chi connectivity index (χ0v) is 16.7. The van der Waals surface area contributed by atoms with Gasteiger partial charge in [0.2, 0.25) is 5.91 Å². The molecule has 0 saturated carbocycles. The van der Waals surface area contributed by atoms with Crippen molar-refractivity contribution in [2.24, 2.45) is 0 Å². The average Bonchev–Trinajstić information content (AvgIpc) is 2.67. The maximum absolute atomic E-state index is 12.2. The molecular weight excluding hydrogens is 401 g/mol. The monoisotopic (exact) mass is 421 g/mol. The lowest BCUT2D eigenvalue weighted by atomic mass is 10.2. The molecule has 8 heteroatoms. The van der Waals surface area contributed by atoms with Crippen LogP contribution in [0.1, 0.15) is 15.9 Å². The topological polar surface area (TPSA) is 70.7 Å². The van der Waals surface area contributed by atoms with E-state index in [1.165, 1.54) is 12.1 Å². The zero-order chi connectivity index (χ0) is 19.9. The zero-order valence-electron chi connectivity index (χ0n) is 15.2. The summed E-state index contributed by atoms with van der Waals surface area (Å²) in [6.45, 7) is 3.93. The highest BCUT2D eigenvalue weighted by Crippen LogP contribution is 2.20. The fraction of sp³-hybridized carbons (Fsp3) is 0.300. The van der Waals surface area contributed by atoms with E-state index >= 15 is 0 Å². The van der Waals surface area contributed by atoms with E-state index in [0.29, 0.717) is 10.7 Å². The van der Waals surface area contributed by atoms with Gasteiger partial charge in [0, 0.05) is 30.3 Å². The molecule has 28 heavy (non-hydrogen) atoms. The number of morpholine rings is 1. The van der Waals surface area contributed by atoms with E-state index in [0.717, 1.165) is 38.4 Å². The first-order valence-electron chi connectivity index (χ1n) is 8.93. The summed E-state index contributed by atoms with van der Waals surface area (Å²) in [4.78, 5) is 26.7. The molecule has 1 heterocycles. The fourth-order valence-electron chi connectivity index (χ4n) is 2.90. The molecule has 0 atom stereocenters. The first-order chi connectivity index (χ1) is 13.5. The van der Waals surface area contributed by atoms with Crippen molar-refractivity contribution in [2.45, 2.75) is 6.54 Å². The molecule has 3 rings (SSSR count). The second-order valence-electron chi connectivity index (χ2n) is 6.44. The van der Waals surface area contributed by atoms with Crippen molar-refractivity contribution < 1.29 is 14.3 Å². The number of nitrogens with zero attached hydrogens (tertiary/aromatic N) is 1. The van der Waals surface area contributed by atoms with E-state index < -0.39 is 5.91 Å². The number of rotatable bonds is 6. The fourth-order valence-corrected chi connectivity index (χ4v) is 3.39. The van der Waals surface area contributed by atoms with Gasteiger partial charge in [0.25, 0.3) is 5.91 Å². The smallest absolute Gasteiger partial charge is 0.253 e. The minimum absolute atomic E-state index is 0.161. The number of anilines is 1. The van der Waals surface area contributed by atoms with Gasteiger partial charge >= 0.3 is 0 Å². The highest BCUT2D eigenvalue weighted by Gasteiger charge is 2.13. The normalized spacial score (nSPS) is 14.5. The molecule has 0 unspecified atom stereocenters. The molecule has 0 spiro atoms. The number of hydrogen-bond acceptors (Lipinski definition) is 4. The lowest BCUT2D eigenvalue weighted by Gasteiger charge is -2.26. The molecule has 0 aliphatic carbocycles. The van der Waals surface area contributed by atoms with E-state index in [4.69, 9.17) is 27.9 Å². The van der Waals surface area contributed by atoms with Gasteiger partial charge in [0.1, 0.15) is 0 Å². The lowest BCUT2D eigenvalue weighted by Crippen LogP contribution is -2.35. The molecule has 2 aromatic carbocycles. The van der Waals surface area contributed by atoms with Crippen molar-refractivity contribution in [3.05, 3.63) is 63.6 Å². The Morgan fingerprint density at radius 2 is 1.86 bits per heavy atom. The lowest BCUT2D eigenvalue weighted by molar-refractivity contribution is -0.115. The quantitative estimate of drug-likeness (QED) is 0.750. The van der Waals surface area contributed by atoms with Gasteiger partial charge < -0.3 is 15.4 Å². The van der Waals surface area contributed by atoms with Crippen LogP contribution in [0.3, 0.4) is 0 Å². The molecule has 0 bridgehead atoms. The largest absolute Gasteiger partial charge is 0.379 e. The number of carbonyl (C=O) groups is 2. The molecule has 0 aromatic heterocycles. The minimum atomic E-state index is -0.433. The summed E-state index contributed by atoms with van der Waals surface area (Å²) >= 11 is 11.8. The van der Waals surface area contributed by atoms with Gasteiger partial charge in [-0.2, -0.15) is 0 Å². The van der Waals surface area contributed by atoms with Gasteiger partial charge in [-0.25, -0.2) is 0 Å². The van der Waals surface area contributed by atoms with Crippen LogP contribution in [0.5, 0.6) is 0 Å². The van der Waals surface area contributed by atoms with Crippen molar-refractivity contribution in [3.63, 3.8) is 0 Å². The molecule has 1 aliphatic rings. The summed E-state index contributed by atoms with van der Waals surface area (Å²) in [7, 11) is 0. The molecule has 1 fully saturated rings. The Hall–Kier alpha value is -2.12. The maximum Gasteiger partial charge on any atom is 0.253 e. The van der Waals surface area contributed by atoms with Crippen LogP contribution >= 0.6 is 23.2 Å². The number of nitrogens with one attached hydrogen (secondary N) is 2. The van der Waals surface area contributed by atoms with Crippen LogP contribution in [-0.2, 0) is 16.1 Å². The first-order valence-corrected chi connectivity index (χ1v) is 9.69. The van der Waals surface area contributed by atoms with Gasteiger partial charge in [-0.15, -0.1) is 0 Å². The van der Waals surface area contributed by atoms with Crippen molar-refractivity contribution in [2.75, 3.05) is 38.2 Å². The van der Waals surface area contributed by atoms with Crippen LogP contribution < -0.4 is 10.6 Å². The molecule has 1 aliphatic heterocycles. The van der Waals surface area contributed by atoms with E-state index in [2.05, 4.69) is 15.5 Å². The Bertz CT molecular complexity index is 854. The molecule has 0 radical (unpaired) electrons. The van der Waals surface area contributed by atoms with E-state index in [1.807, 2.05) is 24.3 Å². The Morgan fingerprint density at radius 3 is 2.61 bits per heavy atom. The number of halogens is 2. The second-order valence-corrected chi connectivity index (χ2v) is 7.29. The van der Waals surface area contributed by atoms with Crippen LogP contribution in [0.2, 0.25) is 10.0 Å². The van der Waals surface area contributed by atoms with Crippen molar-refractivity contribution in [1.29, 1.82) is 0 Å². The van der Waals surface area contributed by atoms with Gasteiger partial charge in [0.05, 0.1) is 30.3 Å². The SMILES string of the molecule is O=C(CNC(=O)c1ccc(Cl)cc1Cl)Nc1cccc(CN2CCOCC2)c1. The molecule has 1 saturated heterocycles. The third-order valence-corrected chi connectivity index (χ3v) is 4.85. The maximum atomic E-state index is 12.2. The average molecular weight is 422 g/mol. The van der Waals surface area contributed by atoms with Gasteiger partial charge in [0.15, 0.2) is 0 Å². The summed E-state index contributed by atoms with van der Waals surface area (Å²) in [5.74, 6) is -0.750. The van der Waals surface area contributed by atoms with Crippen molar-refractivity contribution >= 4 is 40.7 Å². The Morgan fingerprint density at radius 1 is 1.07 bits per heavy atom. The predicted molar refractivity (Wildman–Crippen MR) is 110 cm³/mol. The van der Waals surface area contributed by atoms with E-state index in [1.54, 1.807) is 6.07 Å². The number of benzene rings is 2. The number of carbonyl (C=O) groups excluding carboxylic acids is 2. The number of ether oxygens (including phenoxy) is 1. The second kappa shape index (κ2) is 9.89. The van der Waals surface area contributed by atoms with Crippen LogP contribution in [0, 0.1) is 0 Å². The standard InChI is InChI=1S/C20H21Cl2N3O3/c21-15-4-5-17(18(22)11-15)20(27)23-12-19(26)24-16-3-1-2-14(10-16)13-25-6-8-28-9-7-25/h1-5,10-11H,6-9,12-13H2,(H,23,27)(H,24,26). The summed E-state index contributed by atoms with van der Waals surface area (Å²) < 4.78 is 5.36. The minimum Gasteiger partial charge on any atom is -0.379 e. The highest BCUT2D eigenvalue weighted by atomic mass is 35.5. The highest BCUT2D eigenvalue weighted by molar-refractivity contribution is 6.36. The Balaban J connectivity index is 1.51. The van der Waals surface area contributed by atoms with Crippen molar-refractivity contribution in [1.82, 2.24) is 10.2 Å². The molecule has 2 aromatic rings. The summed E-state index contributed by atoms with van der Waals surface area (Å²) in [5, 5.41) is 6.04. The molecule has 2 amide bonds. The molecule has 6 nitrogen and oxygen atoms in total. The van der Waals surface area contributed by atoms with Crippen LogP contribution in [-0.4, -0.2) is 49.6 Å². The van der Waals surface area contributed by atoms with Crippen LogP contribution in [0.15, 0.2) is 42.5 Å². The molecule has 2 N–H and O–H groups in total.